The summed E-state index contributed by atoms with van der Waals surface area (Å²) in [4.78, 5) is 37.2. The summed E-state index contributed by atoms with van der Waals surface area (Å²) in [6.45, 7) is 1.69. The molecule has 1 heterocycles. The maximum Gasteiger partial charge on any atom is 0.326 e. The van der Waals surface area contributed by atoms with E-state index in [2.05, 4.69) is 5.32 Å². The molecule has 1 aromatic carbocycles. The highest BCUT2D eigenvalue weighted by molar-refractivity contribution is 6.08. The summed E-state index contributed by atoms with van der Waals surface area (Å²) in [5.41, 5.74) is -0.902. The lowest BCUT2D eigenvalue weighted by molar-refractivity contribution is -0.148. The Kier molecular flexibility index (Phi) is 5.11. The van der Waals surface area contributed by atoms with Crippen molar-refractivity contribution >= 4 is 17.9 Å². The van der Waals surface area contributed by atoms with Gasteiger partial charge in [-0.25, -0.2) is 9.18 Å². The number of hydrogen-bond donors (Lipinski definition) is 1. The number of carbonyl (C=O) groups excluding carboxylic acids is 3. The number of halogens is 1. The van der Waals surface area contributed by atoms with Gasteiger partial charge in [-0.2, -0.15) is 0 Å². The smallest absolute Gasteiger partial charge is 0.326 e. The molecule has 0 aromatic heterocycles. The number of rotatable bonds is 8. The number of hydrogen-bond acceptors (Lipinski definition) is 5. The first-order chi connectivity index (χ1) is 12.4. The summed E-state index contributed by atoms with van der Waals surface area (Å²) < 4.78 is 23.2. The molecule has 1 aliphatic heterocycles. The van der Waals surface area contributed by atoms with Crippen molar-refractivity contribution in [3.8, 4) is 5.75 Å². The van der Waals surface area contributed by atoms with Gasteiger partial charge in [0.2, 0.25) is 0 Å². The fraction of sp³-hybridized carbons (Fsp3) is 0.500. The number of urea groups is 1. The summed E-state index contributed by atoms with van der Waals surface area (Å²) in [7, 11) is 0. The van der Waals surface area contributed by atoms with Crippen molar-refractivity contribution in [1.29, 1.82) is 0 Å². The Bertz CT molecular complexity index is 704. The number of ether oxygens (including phenoxy) is 2. The lowest BCUT2D eigenvalue weighted by Gasteiger charge is -2.20. The van der Waals surface area contributed by atoms with Crippen molar-refractivity contribution in [2.45, 2.75) is 31.7 Å². The molecule has 1 unspecified atom stereocenters. The van der Waals surface area contributed by atoms with Crippen LogP contribution in [-0.2, 0) is 14.3 Å². The highest BCUT2D eigenvalue weighted by atomic mass is 19.1. The average Bonchev–Trinajstić information content (AvgIpc) is 3.42. The van der Waals surface area contributed by atoms with E-state index in [9.17, 15) is 18.8 Å². The topological polar surface area (TPSA) is 84.9 Å². The minimum Gasteiger partial charge on any atom is -0.493 e. The quantitative estimate of drug-likeness (QED) is 0.432. The third-order valence-corrected chi connectivity index (χ3v) is 4.62. The van der Waals surface area contributed by atoms with Gasteiger partial charge >= 0.3 is 12.0 Å². The fourth-order valence-corrected chi connectivity index (χ4v) is 2.94. The van der Waals surface area contributed by atoms with Gasteiger partial charge in [-0.05, 0) is 49.9 Å². The van der Waals surface area contributed by atoms with E-state index in [1.807, 2.05) is 0 Å². The summed E-state index contributed by atoms with van der Waals surface area (Å²) in [6, 6.07) is 5.05. The summed E-state index contributed by atoms with van der Waals surface area (Å²) in [5.74, 6) is -0.693. The zero-order valence-electron chi connectivity index (χ0n) is 14.5. The van der Waals surface area contributed by atoms with Gasteiger partial charge < -0.3 is 14.8 Å². The largest absolute Gasteiger partial charge is 0.493 e. The van der Waals surface area contributed by atoms with Crippen LogP contribution < -0.4 is 10.1 Å². The molecular formula is C18H21FN2O5. The molecule has 8 heteroatoms. The number of nitrogens with zero attached hydrogens (tertiary/aromatic N) is 1. The van der Waals surface area contributed by atoms with Gasteiger partial charge in [0.15, 0.2) is 0 Å². The van der Waals surface area contributed by atoms with E-state index in [-0.39, 0.29) is 24.2 Å². The predicted molar refractivity (Wildman–Crippen MR) is 88.8 cm³/mol. The van der Waals surface area contributed by atoms with Crippen LogP contribution in [0, 0.1) is 11.7 Å². The first kappa shape index (κ1) is 18.2. The SMILES string of the molecule is CC1(C2CC2)NC(=O)N(CC(=O)OCCCOc2ccc(F)cc2)C1=O. The number of amides is 3. The van der Waals surface area contributed by atoms with Crippen molar-refractivity contribution in [2.24, 2.45) is 5.92 Å². The van der Waals surface area contributed by atoms with Gasteiger partial charge in [0.05, 0.1) is 13.2 Å². The zero-order chi connectivity index (χ0) is 18.7. The van der Waals surface area contributed by atoms with E-state index in [1.165, 1.54) is 24.3 Å². The van der Waals surface area contributed by atoms with Gasteiger partial charge in [-0.15, -0.1) is 0 Å². The van der Waals surface area contributed by atoms with E-state index in [4.69, 9.17) is 9.47 Å². The molecule has 1 aliphatic carbocycles. The molecule has 1 aromatic rings. The summed E-state index contributed by atoms with van der Waals surface area (Å²) in [5, 5.41) is 2.68. The first-order valence-electron chi connectivity index (χ1n) is 8.58. The number of imide groups is 1. The number of esters is 1. The monoisotopic (exact) mass is 364 g/mol. The van der Waals surface area contributed by atoms with Crippen LogP contribution in [-0.4, -0.2) is 48.1 Å². The molecule has 2 aliphatic rings. The highest BCUT2D eigenvalue weighted by Crippen LogP contribution is 2.42. The molecule has 3 amide bonds. The van der Waals surface area contributed by atoms with Crippen LogP contribution in [0.15, 0.2) is 24.3 Å². The Balaban J connectivity index is 1.37. The van der Waals surface area contributed by atoms with Crippen LogP contribution in [0.3, 0.4) is 0 Å². The van der Waals surface area contributed by atoms with E-state index >= 15 is 0 Å². The lowest BCUT2D eigenvalue weighted by atomic mass is 9.96. The lowest BCUT2D eigenvalue weighted by Crippen LogP contribution is -2.46. The van der Waals surface area contributed by atoms with E-state index in [0.29, 0.717) is 18.8 Å². The van der Waals surface area contributed by atoms with Gasteiger partial charge in [0, 0.05) is 6.42 Å². The minimum atomic E-state index is -0.902. The molecule has 0 radical (unpaired) electrons. The first-order valence-corrected chi connectivity index (χ1v) is 8.58. The summed E-state index contributed by atoms with van der Waals surface area (Å²) in [6.07, 6.45) is 2.23. The minimum absolute atomic E-state index is 0.101. The Morgan fingerprint density at radius 2 is 1.96 bits per heavy atom. The molecule has 140 valence electrons. The molecule has 3 rings (SSSR count). The van der Waals surface area contributed by atoms with Crippen LogP contribution in [0.1, 0.15) is 26.2 Å². The van der Waals surface area contributed by atoms with Crippen molar-refractivity contribution in [3.05, 3.63) is 30.1 Å². The Morgan fingerprint density at radius 3 is 2.62 bits per heavy atom. The summed E-state index contributed by atoms with van der Waals surface area (Å²) >= 11 is 0. The third kappa shape index (κ3) is 3.95. The third-order valence-electron chi connectivity index (χ3n) is 4.62. The Labute approximate surface area is 150 Å². The number of carbonyl (C=O) groups is 3. The number of nitrogens with one attached hydrogen (secondary N) is 1. The molecule has 2 fully saturated rings. The fourth-order valence-electron chi connectivity index (χ4n) is 2.94. The normalized spacial score (nSPS) is 22.3. The molecule has 7 nitrogen and oxygen atoms in total. The molecule has 1 saturated carbocycles. The van der Waals surface area contributed by atoms with Crippen LogP contribution in [0.5, 0.6) is 5.75 Å². The standard InChI is InChI=1S/C18H21FN2O5/c1-18(12-3-4-12)16(23)21(17(24)20-18)11-15(22)26-10-2-9-25-14-7-5-13(19)6-8-14/h5-8,12H,2-4,9-11H2,1H3,(H,20,24). The Hall–Kier alpha value is -2.64. The van der Waals surface area contributed by atoms with Crippen LogP contribution in [0.25, 0.3) is 0 Å². The van der Waals surface area contributed by atoms with Crippen molar-refractivity contribution in [1.82, 2.24) is 10.2 Å². The molecule has 0 spiro atoms. The maximum absolute atomic E-state index is 12.8. The molecule has 1 atom stereocenters. The second-order valence-electron chi connectivity index (χ2n) is 6.67. The van der Waals surface area contributed by atoms with Gasteiger partial charge in [-0.3, -0.25) is 14.5 Å². The Morgan fingerprint density at radius 1 is 1.27 bits per heavy atom. The van der Waals surface area contributed by atoms with Crippen LogP contribution in [0.2, 0.25) is 0 Å². The zero-order valence-corrected chi connectivity index (χ0v) is 14.5. The van der Waals surface area contributed by atoms with Crippen LogP contribution >= 0.6 is 0 Å². The molecule has 26 heavy (non-hydrogen) atoms. The van der Waals surface area contributed by atoms with E-state index in [1.54, 1.807) is 6.92 Å². The van der Waals surface area contributed by atoms with Crippen molar-refractivity contribution in [3.63, 3.8) is 0 Å². The molecule has 1 N–H and O–H groups in total. The predicted octanol–water partition coefficient (Wildman–Crippen LogP) is 1.86. The molecule has 0 bridgehead atoms. The van der Waals surface area contributed by atoms with Gasteiger partial charge in [0.1, 0.15) is 23.7 Å². The maximum atomic E-state index is 12.8. The van der Waals surface area contributed by atoms with E-state index in [0.717, 1.165) is 17.7 Å². The van der Waals surface area contributed by atoms with Gasteiger partial charge in [-0.1, -0.05) is 0 Å². The second kappa shape index (κ2) is 7.31. The van der Waals surface area contributed by atoms with Crippen molar-refractivity contribution < 1.29 is 28.2 Å². The van der Waals surface area contributed by atoms with Crippen LogP contribution in [0.4, 0.5) is 9.18 Å². The van der Waals surface area contributed by atoms with E-state index < -0.39 is 24.1 Å². The molecular weight excluding hydrogens is 343 g/mol. The number of benzene rings is 1. The average molecular weight is 364 g/mol. The molecule has 1 saturated heterocycles. The second-order valence-corrected chi connectivity index (χ2v) is 6.67. The van der Waals surface area contributed by atoms with Crippen molar-refractivity contribution in [2.75, 3.05) is 19.8 Å². The van der Waals surface area contributed by atoms with Gasteiger partial charge in [0.25, 0.3) is 5.91 Å². The highest BCUT2D eigenvalue weighted by Gasteiger charge is 2.56.